The number of aryl methyl sites for hydroxylation is 2. The van der Waals surface area contributed by atoms with E-state index in [1.807, 2.05) is 0 Å². The number of hydrogen-bond acceptors (Lipinski definition) is 1. The molecule has 6 rings (SSSR count). The van der Waals surface area contributed by atoms with Crippen LogP contribution in [0.1, 0.15) is 55.7 Å². The molecule has 0 N–H and O–H groups in total. The van der Waals surface area contributed by atoms with E-state index < -0.39 is 0 Å². The highest BCUT2D eigenvalue weighted by atomic mass is 16.3. The van der Waals surface area contributed by atoms with Crippen LogP contribution in [0.2, 0.25) is 0 Å². The van der Waals surface area contributed by atoms with Crippen molar-refractivity contribution < 1.29 is 8.98 Å². The molecule has 0 spiro atoms. The summed E-state index contributed by atoms with van der Waals surface area (Å²) < 4.78 is 9.21. The third kappa shape index (κ3) is 2.58. The molecule has 164 valence electrons. The zero-order valence-corrected chi connectivity index (χ0v) is 20.3. The minimum Gasteiger partial charge on any atom is -0.459 e. The van der Waals surface area contributed by atoms with Gasteiger partial charge in [0.05, 0.1) is 5.56 Å². The van der Waals surface area contributed by atoms with Crippen molar-refractivity contribution in [2.24, 2.45) is 7.05 Å². The molecule has 2 aromatic heterocycles. The van der Waals surface area contributed by atoms with Crippen molar-refractivity contribution in [3.05, 3.63) is 101 Å². The van der Waals surface area contributed by atoms with E-state index in [-0.39, 0.29) is 10.8 Å². The Bertz CT molecular complexity index is 1580. The Labute approximate surface area is 195 Å². The standard InChI is InChI=1S/C31H30NO/c1-19-15-17-21-27-29(31(4,5)23-13-9-8-12-22(23)30(27,2)3)33-28(21)26(19)25-18-16-20-11-7-10-14-24(20)32(25)6/h7-18H,1-6H3/q+1. The number of aromatic nitrogens is 1. The maximum absolute atomic E-state index is 6.92. The van der Waals surface area contributed by atoms with Gasteiger partial charge in [0.15, 0.2) is 0 Å². The Balaban J connectivity index is 1.72. The molecule has 0 fully saturated rings. The van der Waals surface area contributed by atoms with Gasteiger partial charge in [0.1, 0.15) is 18.4 Å². The van der Waals surface area contributed by atoms with Gasteiger partial charge in [-0.1, -0.05) is 62.4 Å². The Kier molecular flexibility index (Phi) is 4.03. The lowest BCUT2D eigenvalue weighted by atomic mass is 9.62. The van der Waals surface area contributed by atoms with Crippen molar-refractivity contribution >= 4 is 21.9 Å². The highest BCUT2D eigenvalue weighted by Gasteiger charge is 2.46. The first-order valence-corrected chi connectivity index (χ1v) is 11.8. The molecule has 0 atom stereocenters. The summed E-state index contributed by atoms with van der Waals surface area (Å²) in [6.07, 6.45) is 0. The molecule has 0 unspecified atom stereocenters. The summed E-state index contributed by atoms with van der Waals surface area (Å²) >= 11 is 0. The number of nitrogens with zero attached hydrogens (tertiary/aromatic N) is 1. The summed E-state index contributed by atoms with van der Waals surface area (Å²) in [6, 6.07) is 26.4. The number of benzene rings is 3. The molecular weight excluding hydrogens is 402 g/mol. The van der Waals surface area contributed by atoms with Crippen LogP contribution in [0.15, 0.2) is 77.2 Å². The highest BCUT2D eigenvalue weighted by Crippen LogP contribution is 2.54. The lowest BCUT2D eigenvalue weighted by Gasteiger charge is -2.40. The highest BCUT2D eigenvalue weighted by molar-refractivity contribution is 5.97. The molecule has 1 aliphatic carbocycles. The summed E-state index contributed by atoms with van der Waals surface area (Å²) in [7, 11) is 2.16. The fraction of sp³-hybridized carbons (Fsp3) is 0.258. The predicted octanol–water partition coefficient (Wildman–Crippen LogP) is 7.35. The van der Waals surface area contributed by atoms with Crippen molar-refractivity contribution in [3.8, 4) is 11.3 Å². The Morgan fingerprint density at radius 2 is 1.39 bits per heavy atom. The van der Waals surface area contributed by atoms with Crippen molar-refractivity contribution in [1.29, 1.82) is 0 Å². The van der Waals surface area contributed by atoms with Gasteiger partial charge in [0, 0.05) is 39.3 Å². The number of para-hydroxylation sites is 1. The molecule has 2 heteroatoms. The molecule has 5 aromatic rings. The molecular formula is C31H30NO+. The Morgan fingerprint density at radius 1 is 0.727 bits per heavy atom. The van der Waals surface area contributed by atoms with E-state index >= 15 is 0 Å². The molecule has 0 amide bonds. The van der Waals surface area contributed by atoms with E-state index in [9.17, 15) is 0 Å². The normalized spacial score (nSPS) is 16.1. The minimum atomic E-state index is -0.197. The average Bonchev–Trinajstić information content (AvgIpc) is 3.21. The zero-order chi connectivity index (χ0) is 23.1. The molecule has 0 saturated heterocycles. The average molecular weight is 433 g/mol. The van der Waals surface area contributed by atoms with E-state index in [4.69, 9.17) is 4.42 Å². The van der Waals surface area contributed by atoms with E-state index in [2.05, 4.69) is 119 Å². The van der Waals surface area contributed by atoms with Gasteiger partial charge in [-0.3, -0.25) is 0 Å². The third-order valence-corrected chi connectivity index (χ3v) is 7.87. The summed E-state index contributed by atoms with van der Waals surface area (Å²) in [6.45, 7) is 11.5. The molecule has 33 heavy (non-hydrogen) atoms. The number of furan rings is 1. The van der Waals surface area contributed by atoms with Crippen LogP contribution in [-0.4, -0.2) is 0 Å². The second-order valence-corrected chi connectivity index (χ2v) is 10.6. The summed E-state index contributed by atoms with van der Waals surface area (Å²) in [4.78, 5) is 0. The number of fused-ring (bicyclic) bond motifs is 5. The van der Waals surface area contributed by atoms with Crippen LogP contribution < -0.4 is 4.57 Å². The van der Waals surface area contributed by atoms with Gasteiger partial charge in [0.2, 0.25) is 11.2 Å². The van der Waals surface area contributed by atoms with Gasteiger partial charge in [-0.25, -0.2) is 0 Å². The quantitative estimate of drug-likeness (QED) is 0.253. The van der Waals surface area contributed by atoms with E-state index in [0.717, 1.165) is 11.3 Å². The van der Waals surface area contributed by atoms with Gasteiger partial charge in [0.25, 0.3) is 0 Å². The molecule has 0 bridgehead atoms. The van der Waals surface area contributed by atoms with Crippen LogP contribution in [0.5, 0.6) is 0 Å². The second-order valence-electron chi connectivity index (χ2n) is 10.6. The van der Waals surface area contributed by atoms with Gasteiger partial charge < -0.3 is 4.42 Å². The number of hydrogen-bond donors (Lipinski definition) is 0. The van der Waals surface area contributed by atoms with Gasteiger partial charge in [-0.2, -0.15) is 4.57 Å². The van der Waals surface area contributed by atoms with Gasteiger partial charge in [-0.05, 0) is 49.6 Å². The monoisotopic (exact) mass is 432 g/mol. The van der Waals surface area contributed by atoms with Crippen LogP contribution in [0.4, 0.5) is 0 Å². The van der Waals surface area contributed by atoms with Crippen molar-refractivity contribution in [1.82, 2.24) is 0 Å². The first-order chi connectivity index (χ1) is 15.7. The first-order valence-electron chi connectivity index (χ1n) is 11.8. The SMILES string of the molecule is Cc1ccc2c3c(oc2c1-c1ccc2ccccc2[n+]1C)C(C)(C)c1ccccc1C3(C)C. The van der Waals surface area contributed by atoms with Crippen molar-refractivity contribution in [3.63, 3.8) is 0 Å². The summed E-state index contributed by atoms with van der Waals surface area (Å²) in [5.41, 5.74) is 9.55. The van der Waals surface area contributed by atoms with Gasteiger partial charge >= 0.3 is 0 Å². The van der Waals surface area contributed by atoms with E-state index in [0.29, 0.717) is 0 Å². The predicted molar refractivity (Wildman–Crippen MR) is 136 cm³/mol. The third-order valence-electron chi connectivity index (χ3n) is 7.87. The molecule has 0 saturated carbocycles. The van der Waals surface area contributed by atoms with Crippen LogP contribution in [0, 0.1) is 6.92 Å². The van der Waals surface area contributed by atoms with Gasteiger partial charge in [-0.15, -0.1) is 0 Å². The molecule has 1 aliphatic rings. The fourth-order valence-corrected chi connectivity index (χ4v) is 6.06. The lowest BCUT2D eigenvalue weighted by Crippen LogP contribution is -2.35. The first kappa shape index (κ1) is 20.2. The zero-order valence-electron chi connectivity index (χ0n) is 20.3. The molecule has 0 aliphatic heterocycles. The Hall–Kier alpha value is -3.39. The topological polar surface area (TPSA) is 17.0 Å². The van der Waals surface area contributed by atoms with Crippen LogP contribution in [0.3, 0.4) is 0 Å². The minimum absolute atomic E-state index is 0.134. The molecule has 3 aromatic carbocycles. The van der Waals surface area contributed by atoms with Crippen LogP contribution >= 0.6 is 0 Å². The van der Waals surface area contributed by atoms with E-state index in [1.54, 1.807) is 0 Å². The fourth-order valence-electron chi connectivity index (χ4n) is 6.06. The number of rotatable bonds is 1. The van der Waals surface area contributed by atoms with Crippen molar-refractivity contribution in [2.45, 2.75) is 45.4 Å². The molecule has 0 radical (unpaired) electrons. The molecule has 2 nitrogen and oxygen atoms in total. The van der Waals surface area contributed by atoms with Crippen LogP contribution in [0.25, 0.3) is 33.1 Å². The largest absolute Gasteiger partial charge is 0.459 e. The maximum Gasteiger partial charge on any atom is 0.216 e. The second kappa shape index (κ2) is 6.57. The number of pyridine rings is 1. The lowest BCUT2D eigenvalue weighted by molar-refractivity contribution is -0.633. The van der Waals surface area contributed by atoms with E-state index in [1.165, 1.54) is 49.8 Å². The smallest absolute Gasteiger partial charge is 0.216 e. The Morgan fingerprint density at radius 3 is 2.15 bits per heavy atom. The summed E-state index contributed by atoms with van der Waals surface area (Å²) in [5, 5.41) is 2.47. The van der Waals surface area contributed by atoms with Crippen molar-refractivity contribution in [2.75, 3.05) is 0 Å². The van der Waals surface area contributed by atoms with Crippen LogP contribution in [-0.2, 0) is 17.9 Å². The summed E-state index contributed by atoms with van der Waals surface area (Å²) in [5.74, 6) is 1.09. The maximum atomic E-state index is 6.92. The molecule has 2 heterocycles.